The number of carbonyl (C=O) groups is 1. The van der Waals surface area contributed by atoms with Crippen molar-refractivity contribution in [2.24, 2.45) is 0 Å². The minimum Gasteiger partial charge on any atom is -0.489 e. The Labute approximate surface area is 158 Å². The van der Waals surface area contributed by atoms with Crippen LogP contribution in [0, 0.1) is 0 Å². The van der Waals surface area contributed by atoms with Crippen LogP contribution in [-0.4, -0.2) is 22.4 Å². The summed E-state index contributed by atoms with van der Waals surface area (Å²) in [5, 5.41) is 5.90. The largest absolute Gasteiger partial charge is 0.489 e. The highest BCUT2D eigenvalue weighted by atomic mass is 16.5. The van der Waals surface area contributed by atoms with Gasteiger partial charge in [-0.05, 0) is 42.3 Å². The van der Waals surface area contributed by atoms with Gasteiger partial charge in [-0.25, -0.2) is 9.97 Å². The normalized spacial score (nSPS) is 10.3. The third-order valence-corrected chi connectivity index (χ3v) is 3.78. The van der Waals surface area contributed by atoms with Crippen molar-refractivity contribution in [1.82, 2.24) is 9.97 Å². The molecule has 0 aliphatic rings. The van der Waals surface area contributed by atoms with Crippen LogP contribution in [0.25, 0.3) is 0 Å². The van der Waals surface area contributed by atoms with Crippen LogP contribution in [0.4, 0.5) is 11.6 Å². The van der Waals surface area contributed by atoms with E-state index in [1.807, 2.05) is 42.5 Å². The molecule has 27 heavy (non-hydrogen) atoms. The molecule has 1 amide bonds. The van der Waals surface area contributed by atoms with Crippen molar-refractivity contribution in [3.05, 3.63) is 78.1 Å². The Bertz CT molecular complexity index is 867. The summed E-state index contributed by atoms with van der Waals surface area (Å²) >= 11 is 0. The molecule has 1 aromatic heterocycles. The molecule has 2 N–H and O–H groups in total. The fraction of sp³-hybridized carbons (Fsp3) is 0.190. The van der Waals surface area contributed by atoms with Crippen LogP contribution in [0.15, 0.2) is 66.9 Å². The number of aromatic nitrogens is 2. The molecule has 2 aromatic carbocycles. The number of rotatable bonds is 8. The molecule has 6 heteroatoms. The number of hydrogen-bond donors (Lipinski definition) is 2. The van der Waals surface area contributed by atoms with Crippen molar-refractivity contribution in [2.45, 2.75) is 20.0 Å². The van der Waals surface area contributed by atoms with Crippen LogP contribution in [-0.2, 0) is 6.61 Å². The summed E-state index contributed by atoms with van der Waals surface area (Å²) in [7, 11) is 0. The SMILES string of the molecule is CCCNc1nccc(C(=O)Nc2ccc(OCc3ccccc3)cc2)n1. The third-order valence-electron chi connectivity index (χ3n) is 3.78. The quantitative estimate of drug-likeness (QED) is 0.630. The van der Waals surface area contributed by atoms with Crippen molar-refractivity contribution in [3.63, 3.8) is 0 Å². The van der Waals surface area contributed by atoms with Gasteiger partial charge in [-0.3, -0.25) is 4.79 Å². The molecule has 0 fully saturated rings. The van der Waals surface area contributed by atoms with Crippen molar-refractivity contribution in [1.29, 1.82) is 0 Å². The van der Waals surface area contributed by atoms with Crippen LogP contribution in [0.1, 0.15) is 29.4 Å². The molecule has 0 aliphatic carbocycles. The van der Waals surface area contributed by atoms with E-state index in [9.17, 15) is 4.79 Å². The fourth-order valence-corrected chi connectivity index (χ4v) is 2.38. The predicted molar refractivity (Wildman–Crippen MR) is 106 cm³/mol. The van der Waals surface area contributed by atoms with Gasteiger partial charge in [0.25, 0.3) is 5.91 Å². The summed E-state index contributed by atoms with van der Waals surface area (Å²) in [6, 6.07) is 18.8. The van der Waals surface area contributed by atoms with Gasteiger partial charge in [-0.2, -0.15) is 0 Å². The van der Waals surface area contributed by atoms with Gasteiger partial charge < -0.3 is 15.4 Å². The molecular weight excluding hydrogens is 340 g/mol. The molecule has 0 saturated carbocycles. The number of nitrogens with zero attached hydrogens (tertiary/aromatic N) is 2. The molecule has 0 bridgehead atoms. The van der Waals surface area contributed by atoms with E-state index in [2.05, 4.69) is 27.5 Å². The highest BCUT2D eigenvalue weighted by Gasteiger charge is 2.09. The first-order valence-electron chi connectivity index (χ1n) is 8.89. The smallest absolute Gasteiger partial charge is 0.274 e. The van der Waals surface area contributed by atoms with Gasteiger partial charge in [-0.1, -0.05) is 37.3 Å². The number of anilines is 2. The van der Waals surface area contributed by atoms with E-state index in [4.69, 9.17) is 4.74 Å². The first-order chi connectivity index (χ1) is 13.2. The van der Waals surface area contributed by atoms with Crippen molar-refractivity contribution in [2.75, 3.05) is 17.2 Å². The molecule has 1 heterocycles. The molecule has 0 saturated heterocycles. The molecule has 0 atom stereocenters. The maximum Gasteiger partial charge on any atom is 0.274 e. The molecule has 0 unspecified atom stereocenters. The Morgan fingerprint density at radius 2 is 1.81 bits per heavy atom. The van der Waals surface area contributed by atoms with E-state index in [-0.39, 0.29) is 5.91 Å². The third kappa shape index (κ3) is 5.54. The Hall–Kier alpha value is -3.41. The molecule has 3 aromatic rings. The first-order valence-corrected chi connectivity index (χ1v) is 8.89. The van der Waals surface area contributed by atoms with E-state index in [1.54, 1.807) is 24.4 Å². The summed E-state index contributed by atoms with van der Waals surface area (Å²) < 4.78 is 5.75. The second-order valence-corrected chi connectivity index (χ2v) is 5.95. The average molecular weight is 362 g/mol. The van der Waals surface area contributed by atoms with Crippen molar-refractivity contribution < 1.29 is 9.53 Å². The van der Waals surface area contributed by atoms with E-state index in [0.717, 1.165) is 24.3 Å². The average Bonchev–Trinajstić information content (AvgIpc) is 2.72. The molecule has 138 valence electrons. The summed E-state index contributed by atoms with van der Waals surface area (Å²) in [5.41, 5.74) is 2.09. The van der Waals surface area contributed by atoms with Gasteiger partial charge in [0.15, 0.2) is 0 Å². The lowest BCUT2D eigenvalue weighted by Gasteiger charge is -2.09. The molecule has 0 radical (unpaired) electrons. The second-order valence-electron chi connectivity index (χ2n) is 5.95. The van der Waals surface area contributed by atoms with Gasteiger partial charge in [0, 0.05) is 18.4 Å². The second kappa shape index (κ2) is 9.33. The van der Waals surface area contributed by atoms with E-state index < -0.39 is 0 Å². The molecule has 6 nitrogen and oxygen atoms in total. The van der Waals surface area contributed by atoms with E-state index in [0.29, 0.717) is 23.9 Å². The van der Waals surface area contributed by atoms with Gasteiger partial charge >= 0.3 is 0 Å². The Balaban J connectivity index is 1.57. The Morgan fingerprint density at radius 1 is 1.04 bits per heavy atom. The maximum atomic E-state index is 12.4. The molecule has 3 rings (SSSR count). The highest BCUT2D eigenvalue weighted by Crippen LogP contribution is 2.17. The number of hydrogen-bond acceptors (Lipinski definition) is 5. The van der Waals surface area contributed by atoms with Crippen molar-refractivity contribution in [3.8, 4) is 5.75 Å². The monoisotopic (exact) mass is 362 g/mol. The number of nitrogens with one attached hydrogen (secondary N) is 2. The fourth-order valence-electron chi connectivity index (χ4n) is 2.38. The molecule has 0 spiro atoms. The lowest BCUT2D eigenvalue weighted by molar-refractivity contribution is 0.102. The lowest BCUT2D eigenvalue weighted by atomic mass is 10.2. The molecular formula is C21H22N4O2. The Kier molecular flexibility index (Phi) is 6.35. The minimum absolute atomic E-state index is 0.282. The van der Waals surface area contributed by atoms with Crippen LogP contribution in [0.2, 0.25) is 0 Å². The standard InChI is InChI=1S/C21H22N4O2/c1-2-13-22-21-23-14-12-19(25-21)20(26)24-17-8-10-18(11-9-17)27-15-16-6-4-3-5-7-16/h3-12,14H,2,13,15H2,1H3,(H,24,26)(H,22,23,25). The zero-order chi connectivity index (χ0) is 18.9. The summed E-state index contributed by atoms with van der Waals surface area (Å²) in [4.78, 5) is 20.7. The summed E-state index contributed by atoms with van der Waals surface area (Å²) in [6.07, 6.45) is 2.53. The first kappa shape index (κ1) is 18.4. The van der Waals surface area contributed by atoms with Gasteiger partial charge in [0.1, 0.15) is 18.1 Å². The number of carbonyl (C=O) groups excluding carboxylic acids is 1. The van der Waals surface area contributed by atoms with Gasteiger partial charge in [0.05, 0.1) is 0 Å². The van der Waals surface area contributed by atoms with E-state index in [1.165, 1.54) is 0 Å². The number of amides is 1. The van der Waals surface area contributed by atoms with Gasteiger partial charge in [-0.15, -0.1) is 0 Å². The van der Waals surface area contributed by atoms with Gasteiger partial charge in [0.2, 0.25) is 5.95 Å². The number of benzene rings is 2. The summed E-state index contributed by atoms with van der Waals surface area (Å²) in [6.45, 7) is 3.31. The zero-order valence-electron chi connectivity index (χ0n) is 15.2. The molecule has 0 aliphatic heterocycles. The highest BCUT2D eigenvalue weighted by molar-refractivity contribution is 6.02. The van der Waals surface area contributed by atoms with Crippen LogP contribution >= 0.6 is 0 Å². The maximum absolute atomic E-state index is 12.4. The lowest BCUT2D eigenvalue weighted by Crippen LogP contribution is -2.15. The van der Waals surface area contributed by atoms with Crippen LogP contribution in [0.3, 0.4) is 0 Å². The van der Waals surface area contributed by atoms with E-state index >= 15 is 0 Å². The van der Waals surface area contributed by atoms with Crippen LogP contribution in [0.5, 0.6) is 5.75 Å². The predicted octanol–water partition coefficient (Wildman–Crippen LogP) is 4.13. The number of ether oxygens (including phenoxy) is 1. The Morgan fingerprint density at radius 3 is 2.56 bits per heavy atom. The zero-order valence-corrected chi connectivity index (χ0v) is 15.2. The van der Waals surface area contributed by atoms with Crippen molar-refractivity contribution >= 4 is 17.5 Å². The minimum atomic E-state index is -0.282. The topological polar surface area (TPSA) is 76.1 Å². The van der Waals surface area contributed by atoms with Crippen LogP contribution < -0.4 is 15.4 Å². The summed E-state index contributed by atoms with van der Waals surface area (Å²) in [5.74, 6) is 0.911.